The SMILES string of the molecule is Cl.Cl.N[C@@H]1CCN(CCN[C@@H]2C[C@H]2c2ccc(OCc3ccccc3)c(-c3ccc(C(F)(F)F)cc3)c2)C1. The molecule has 0 spiro atoms. The van der Waals surface area contributed by atoms with Crippen molar-refractivity contribution in [1.29, 1.82) is 0 Å². The first-order valence-electron chi connectivity index (χ1n) is 12.6. The summed E-state index contributed by atoms with van der Waals surface area (Å²) in [6.45, 7) is 4.36. The molecule has 3 atom stereocenters. The zero-order valence-electron chi connectivity index (χ0n) is 21.0. The largest absolute Gasteiger partial charge is 0.488 e. The lowest BCUT2D eigenvalue weighted by atomic mass is 9.98. The van der Waals surface area contributed by atoms with Crippen molar-refractivity contribution in [2.24, 2.45) is 5.73 Å². The van der Waals surface area contributed by atoms with E-state index in [0.29, 0.717) is 35.9 Å². The van der Waals surface area contributed by atoms with Crippen LogP contribution in [0.2, 0.25) is 0 Å². The first-order chi connectivity index (χ1) is 17.4. The topological polar surface area (TPSA) is 50.5 Å². The summed E-state index contributed by atoms with van der Waals surface area (Å²) >= 11 is 0. The van der Waals surface area contributed by atoms with Crippen LogP contribution in [0.4, 0.5) is 13.2 Å². The summed E-state index contributed by atoms with van der Waals surface area (Å²) in [6.07, 6.45) is -2.24. The number of ether oxygens (including phenoxy) is 1. The summed E-state index contributed by atoms with van der Waals surface area (Å²) in [4.78, 5) is 2.40. The van der Waals surface area contributed by atoms with E-state index in [-0.39, 0.29) is 24.8 Å². The Labute approximate surface area is 234 Å². The normalized spacial score (nSPS) is 20.9. The molecule has 0 amide bonds. The first kappa shape index (κ1) is 30.3. The van der Waals surface area contributed by atoms with E-state index in [1.54, 1.807) is 0 Å². The fraction of sp³-hybridized carbons (Fsp3) is 0.379. The third-order valence-corrected chi connectivity index (χ3v) is 7.13. The minimum atomic E-state index is -4.36. The van der Waals surface area contributed by atoms with E-state index in [1.165, 1.54) is 17.7 Å². The Bertz CT molecular complexity index is 1160. The van der Waals surface area contributed by atoms with Crippen molar-refractivity contribution in [2.45, 2.75) is 43.6 Å². The molecule has 2 aliphatic rings. The van der Waals surface area contributed by atoms with E-state index in [1.807, 2.05) is 36.4 Å². The Morgan fingerprint density at radius 1 is 0.974 bits per heavy atom. The first-order valence-corrected chi connectivity index (χ1v) is 12.6. The van der Waals surface area contributed by atoms with Gasteiger partial charge in [0.25, 0.3) is 0 Å². The van der Waals surface area contributed by atoms with Crippen LogP contribution in [0.1, 0.15) is 35.4 Å². The maximum Gasteiger partial charge on any atom is 0.416 e. The van der Waals surface area contributed by atoms with E-state index in [2.05, 4.69) is 22.3 Å². The summed E-state index contributed by atoms with van der Waals surface area (Å²) in [6, 6.07) is 22.0. The van der Waals surface area contributed by atoms with Gasteiger partial charge in [-0.3, -0.25) is 0 Å². The predicted octanol–water partition coefficient (Wildman–Crippen LogP) is 6.27. The summed E-state index contributed by atoms with van der Waals surface area (Å²) < 4.78 is 45.5. The average molecular weight is 569 g/mol. The van der Waals surface area contributed by atoms with Crippen molar-refractivity contribution in [3.63, 3.8) is 0 Å². The van der Waals surface area contributed by atoms with Crippen molar-refractivity contribution in [3.05, 3.63) is 89.5 Å². The Balaban J connectivity index is 0.00000200. The van der Waals surface area contributed by atoms with Gasteiger partial charge in [-0.2, -0.15) is 13.2 Å². The van der Waals surface area contributed by atoms with Crippen LogP contribution in [-0.2, 0) is 12.8 Å². The Kier molecular flexibility index (Phi) is 10.5. The number of benzene rings is 3. The van der Waals surface area contributed by atoms with Crippen molar-refractivity contribution < 1.29 is 17.9 Å². The summed E-state index contributed by atoms with van der Waals surface area (Å²) in [5.74, 6) is 1.06. The lowest BCUT2D eigenvalue weighted by Gasteiger charge is -2.16. The standard InChI is InChI=1S/C29H32F3N3O.2ClH/c30-29(31,32)23-9-6-21(7-10-23)26-16-22(8-11-28(26)36-19-20-4-2-1-3-5-20)25-17-27(25)34-13-15-35-14-12-24(33)18-35;;/h1-11,16,24-25,27,34H,12-15,17-19,33H2;2*1H/t24-,25+,27-;;/m1../s1. The molecule has 0 unspecified atom stereocenters. The number of nitrogens with zero attached hydrogens (tertiary/aromatic N) is 1. The van der Waals surface area contributed by atoms with Gasteiger partial charge in [0.05, 0.1) is 5.56 Å². The van der Waals surface area contributed by atoms with Crippen LogP contribution in [0, 0.1) is 0 Å². The second-order valence-electron chi connectivity index (χ2n) is 9.86. The third kappa shape index (κ3) is 7.64. The maximum absolute atomic E-state index is 13.1. The molecule has 1 aliphatic carbocycles. The quantitative estimate of drug-likeness (QED) is 0.320. The van der Waals surface area contributed by atoms with Crippen LogP contribution in [0.25, 0.3) is 11.1 Å². The predicted molar refractivity (Wildman–Crippen MR) is 150 cm³/mol. The van der Waals surface area contributed by atoms with Crippen LogP contribution in [0.15, 0.2) is 72.8 Å². The fourth-order valence-electron chi connectivity index (χ4n) is 4.97. The number of nitrogens with two attached hydrogens (primary N) is 1. The molecule has 3 N–H and O–H groups in total. The number of alkyl halides is 3. The molecule has 38 heavy (non-hydrogen) atoms. The molecule has 9 heteroatoms. The summed E-state index contributed by atoms with van der Waals surface area (Å²) in [7, 11) is 0. The molecule has 0 radical (unpaired) electrons. The van der Waals surface area contributed by atoms with Gasteiger partial charge < -0.3 is 20.7 Å². The summed E-state index contributed by atoms with van der Waals surface area (Å²) in [5, 5.41) is 3.65. The van der Waals surface area contributed by atoms with Gasteiger partial charge in [0, 0.05) is 43.2 Å². The minimum absolute atomic E-state index is 0. The molecule has 0 bridgehead atoms. The van der Waals surface area contributed by atoms with Crippen molar-refractivity contribution in [1.82, 2.24) is 10.2 Å². The van der Waals surface area contributed by atoms with E-state index in [9.17, 15) is 13.2 Å². The molecular formula is C29H34Cl2F3N3O. The van der Waals surface area contributed by atoms with Gasteiger partial charge in [-0.05, 0) is 60.3 Å². The zero-order chi connectivity index (χ0) is 25.1. The number of hydrogen-bond acceptors (Lipinski definition) is 4. The highest BCUT2D eigenvalue weighted by molar-refractivity contribution is 5.85. The van der Waals surface area contributed by atoms with Crippen LogP contribution in [0.5, 0.6) is 5.75 Å². The molecule has 1 saturated carbocycles. The molecule has 206 valence electrons. The average Bonchev–Trinajstić information content (AvgIpc) is 3.53. The van der Waals surface area contributed by atoms with Gasteiger partial charge in [0.15, 0.2) is 0 Å². The lowest BCUT2D eigenvalue weighted by molar-refractivity contribution is -0.137. The van der Waals surface area contributed by atoms with Crippen LogP contribution in [0.3, 0.4) is 0 Å². The molecule has 0 aromatic heterocycles. The molecule has 3 aromatic rings. The van der Waals surface area contributed by atoms with E-state index in [0.717, 1.165) is 62.3 Å². The summed E-state index contributed by atoms with van der Waals surface area (Å²) in [5.41, 5.74) is 9.08. The highest BCUT2D eigenvalue weighted by atomic mass is 35.5. The van der Waals surface area contributed by atoms with Crippen LogP contribution >= 0.6 is 24.8 Å². The number of likely N-dealkylation sites (tertiary alicyclic amines) is 1. The fourth-order valence-corrected chi connectivity index (χ4v) is 4.97. The van der Waals surface area contributed by atoms with Crippen molar-refractivity contribution in [2.75, 3.05) is 26.2 Å². The van der Waals surface area contributed by atoms with Gasteiger partial charge >= 0.3 is 6.18 Å². The molecule has 5 rings (SSSR count). The molecule has 1 heterocycles. The molecule has 1 aliphatic heterocycles. The Morgan fingerprint density at radius 2 is 1.71 bits per heavy atom. The molecule has 1 saturated heterocycles. The smallest absolute Gasteiger partial charge is 0.416 e. The van der Waals surface area contributed by atoms with Gasteiger partial charge in [-0.25, -0.2) is 0 Å². The van der Waals surface area contributed by atoms with E-state index in [4.69, 9.17) is 10.5 Å². The Hall–Kier alpha value is -2.29. The van der Waals surface area contributed by atoms with Crippen molar-refractivity contribution in [3.8, 4) is 16.9 Å². The highest BCUT2D eigenvalue weighted by Gasteiger charge is 2.38. The monoisotopic (exact) mass is 567 g/mol. The highest BCUT2D eigenvalue weighted by Crippen LogP contribution is 2.44. The molecule has 4 nitrogen and oxygen atoms in total. The number of hydrogen-bond donors (Lipinski definition) is 2. The minimum Gasteiger partial charge on any atom is -0.488 e. The Morgan fingerprint density at radius 3 is 2.37 bits per heavy atom. The second-order valence-corrected chi connectivity index (χ2v) is 9.86. The van der Waals surface area contributed by atoms with Crippen molar-refractivity contribution >= 4 is 24.8 Å². The third-order valence-electron chi connectivity index (χ3n) is 7.13. The number of nitrogens with one attached hydrogen (secondary N) is 1. The van der Waals surface area contributed by atoms with Gasteiger partial charge in [-0.15, -0.1) is 24.8 Å². The van der Waals surface area contributed by atoms with Gasteiger partial charge in [0.2, 0.25) is 0 Å². The molecule has 3 aromatic carbocycles. The zero-order valence-corrected chi connectivity index (χ0v) is 22.6. The van der Waals surface area contributed by atoms with Crippen LogP contribution in [-0.4, -0.2) is 43.2 Å². The lowest BCUT2D eigenvalue weighted by Crippen LogP contribution is -2.33. The second kappa shape index (κ2) is 13.2. The van der Waals surface area contributed by atoms with E-state index < -0.39 is 11.7 Å². The molecule has 2 fully saturated rings. The van der Waals surface area contributed by atoms with Gasteiger partial charge in [-0.1, -0.05) is 48.5 Å². The molecular weight excluding hydrogens is 534 g/mol. The number of rotatable bonds is 9. The van der Waals surface area contributed by atoms with E-state index >= 15 is 0 Å². The maximum atomic E-state index is 13.1. The van der Waals surface area contributed by atoms with Crippen LogP contribution < -0.4 is 15.8 Å². The number of halogens is 5. The van der Waals surface area contributed by atoms with Gasteiger partial charge in [0.1, 0.15) is 12.4 Å².